The van der Waals surface area contributed by atoms with Gasteiger partial charge >= 0.3 is 0 Å². The molecule has 0 aliphatic rings. The van der Waals surface area contributed by atoms with E-state index in [4.69, 9.17) is 23.2 Å². The summed E-state index contributed by atoms with van der Waals surface area (Å²) < 4.78 is 25.1. The van der Waals surface area contributed by atoms with Crippen molar-refractivity contribution in [2.24, 2.45) is 0 Å². The average molecular weight is 255 g/mol. The quantitative estimate of drug-likeness (QED) is 0.816. The fourth-order valence-electron chi connectivity index (χ4n) is 1.01. The van der Waals surface area contributed by atoms with Gasteiger partial charge in [0.05, 0.1) is 0 Å². The van der Waals surface area contributed by atoms with Crippen LogP contribution in [0.2, 0.25) is 10.3 Å². The Bertz CT molecular complexity index is 436. The molecular weight excluding hydrogens is 247 g/mol. The first-order chi connectivity index (χ1) is 6.38. The minimum atomic E-state index is -3.58. The summed E-state index contributed by atoms with van der Waals surface area (Å²) >= 11 is 11.3. The van der Waals surface area contributed by atoms with E-state index in [-0.39, 0.29) is 15.2 Å². The van der Waals surface area contributed by atoms with Gasteiger partial charge in [-0.25, -0.2) is 18.1 Å². The third-order valence-electron chi connectivity index (χ3n) is 1.62. The van der Waals surface area contributed by atoms with Crippen molar-refractivity contribution >= 4 is 33.2 Å². The maximum Gasteiger partial charge on any atom is 0.243 e. The maximum absolute atomic E-state index is 11.5. The third kappa shape index (κ3) is 2.17. The summed E-state index contributed by atoms with van der Waals surface area (Å²) in [4.78, 5) is 3.62. The lowest BCUT2D eigenvalue weighted by Gasteiger charge is -2.07. The minimum Gasteiger partial charge on any atom is -0.223 e. The van der Waals surface area contributed by atoms with Crippen molar-refractivity contribution in [3.05, 3.63) is 21.9 Å². The molecule has 0 saturated carbocycles. The van der Waals surface area contributed by atoms with Gasteiger partial charge in [-0.1, -0.05) is 23.2 Å². The van der Waals surface area contributed by atoms with Crippen molar-refractivity contribution < 1.29 is 8.42 Å². The van der Waals surface area contributed by atoms with Crippen molar-refractivity contribution in [1.29, 1.82) is 0 Å². The highest BCUT2D eigenvalue weighted by Crippen LogP contribution is 2.25. The summed E-state index contributed by atoms with van der Waals surface area (Å²) in [6.07, 6.45) is 0. The summed E-state index contributed by atoms with van der Waals surface area (Å²) in [6, 6.07) is 1.44. The number of nitrogens with zero attached hydrogens (tertiary/aromatic N) is 1. The lowest BCUT2D eigenvalue weighted by atomic mass is 10.3. The highest BCUT2D eigenvalue weighted by molar-refractivity contribution is 7.89. The molecule has 0 atom stereocenters. The number of aryl methyl sites for hydroxylation is 1. The number of halogens is 2. The number of rotatable bonds is 2. The molecule has 0 radical (unpaired) electrons. The Morgan fingerprint density at radius 2 is 2.00 bits per heavy atom. The molecule has 1 aromatic heterocycles. The molecule has 0 bridgehead atoms. The zero-order valence-electron chi connectivity index (χ0n) is 7.51. The molecule has 4 nitrogen and oxygen atoms in total. The number of sulfonamides is 1. The molecule has 0 fully saturated rings. The van der Waals surface area contributed by atoms with Gasteiger partial charge in [0.2, 0.25) is 10.0 Å². The van der Waals surface area contributed by atoms with Gasteiger partial charge in [0.1, 0.15) is 10.0 Å². The molecule has 0 spiro atoms. The fraction of sp³-hybridized carbons (Fsp3) is 0.286. The molecule has 0 saturated heterocycles. The van der Waals surface area contributed by atoms with Crippen LogP contribution in [0, 0.1) is 6.92 Å². The number of aromatic nitrogens is 1. The normalized spacial score (nSPS) is 11.7. The van der Waals surface area contributed by atoms with E-state index < -0.39 is 10.0 Å². The molecule has 0 aliphatic carbocycles. The van der Waals surface area contributed by atoms with E-state index in [1.807, 2.05) is 0 Å². The van der Waals surface area contributed by atoms with Crippen molar-refractivity contribution in [2.45, 2.75) is 11.8 Å². The number of pyridine rings is 1. The molecule has 1 rings (SSSR count). The number of hydrogen-bond acceptors (Lipinski definition) is 3. The molecule has 14 heavy (non-hydrogen) atoms. The fourth-order valence-corrected chi connectivity index (χ4v) is 2.80. The SMILES string of the molecule is CNS(=O)(=O)c1c(C)cc(Cl)nc1Cl. The third-order valence-corrected chi connectivity index (χ3v) is 3.79. The van der Waals surface area contributed by atoms with Gasteiger partial charge < -0.3 is 0 Å². The second kappa shape index (κ2) is 4.02. The van der Waals surface area contributed by atoms with Crippen molar-refractivity contribution in [3.8, 4) is 0 Å². The molecule has 0 amide bonds. The zero-order valence-corrected chi connectivity index (χ0v) is 9.83. The standard InChI is InChI=1S/C7H8Cl2N2O2S/c1-4-3-5(8)11-7(9)6(4)14(12,13)10-2/h3,10H,1-2H3. The van der Waals surface area contributed by atoms with Crippen LogP contribution in [0.1, 0.15) is 5.56 Å². The molecule has 1 heterocycles. The first-order valence-electron chi connectivity index (χ1n) is 3.64. The lowest BCUT2D eigenvalue weighted by Crippen LogP contribution is -2.20. The maximum atomic E-state index is 11.5. The Morgan fingerprint density at radius 1 is 1.43 bits per heavy atom. The monoisotopic (exact) mass is 254 g/mol. The number of nitrogens with one attached hydrogen (secondary N) is 1. The predicted octanol–water partition coefficient (Wildman–Crippen LogP) is 1.60. The topological polar surface area (TPSA) is 59.1 Å². The van der Waals surface area contributed by atoms with Crippen LogP contribution >= 0.6 is 23.2 Å². The summed E-state index contributed by atoms with van der Waals surface area (Å²) in [5.74, 6) is 0. The predicted molar refractivity (Wildman–Crippen MR) is 55.2 cm³/mol. The second-order valence-electron chi connectivity index (χ2n) is 2.59. The highest BCUT2D eigenvalue weighted by Gasteiger charge is 2.20. The van der Waals surface area contributed by atoms with Crippen LogP contribution in [-0.4, -0.2) is 20.4 Å². The molecule has 0 unspecified atom stereocenters. The molecule has 7 heteroatoms. The Labute approximate surface area is 92.3 Å². The molecule has 0 aromatic carbocycles. The highest BCUT2D eigenvalue weighted by atomic mass is 35.5. The van der Waals surface area contributed by atoms with Crippen LogP contribution in [0.25, 0.3) is 0 Å². The molecule has 1 N–H and O–H groups in total. The van der Waals surface area contributed by atoms with Gasteiger partial charge in [-0.15, -0.1) is 0 Å². The summed E-state index contributed by atoms with van der Waals surface area (Å²) in [7, 11) is -2.27. The number of hydrogen-bond donors (Lipinski definition) is 1. The summed E-state index contributed by atoms with van der Waals surface area (Å²) in [5.41, 5.74) is 0.462. The van der Waals surface area contributed by atoms with Crippen LogP contribution < -0.4 is 4.72 Å². The second-order valence-corrected chi connectivity index (χ2v) is 5.16. The first-order valence-corrected chi connectivity index (χ1v) is 5.88. The molecular formula is C7H8Cl2N2O2S. The van der Waals surface area contributed by atoms with Crippen LogP contribution in [0.4, 0.5) is 0 Å². The Morgan fingerprint density at radius 3 is 2.43 bits per heavy atom. The summed E-state index contributed by atoms with van der Waals surface area (Å²) in [5, 5.41) is 0.0481. The van der Waals surface area contributed by atoms with Crippen molar-refractivity contribution in [3.63, 3.8) is 0 Å². The van der Waals surface area contributed by atoms with Crippen LogP contribution in [-0.2, 0) is 10.0 Å². The van der Waals surface area contributed by atoms with E-state index in [2.05, 4.69) is 9.71 Å². The van der Waals surface area contributed by atoms with Gasteiger partial charge in [-0.3, -0.25) is 0 Å². The van der Waals surface area contributed by atoms with E-state index in [9.17, 15) is 8.42 Å². The Balaban J connectivity index is 3.51. The smallest absolute Gasteiger partial charge is 0.223 e. The van der Waals surface area contributed by atoms with E-state index in [0.717, 1.165) is 0 Å². The molecule has 1 aromatic rings. The van der Waals surface area contributed by atoms with Gasteiger partial charge in [-0.2, -0.15) is 0 Å². The Kier molecular flexibility index (Phi) is 3.36. The molecule has 78 valence electrons. The van der Waals surface area contributed by atoms with Crippen molar-refractivity contribution in [1.82, 2.24) is 9.71 Å². The zero-order chi connectivity index (χ0) is 10.9. The average Bonchev–Trinajstić information content (AvgIpc) is 2.01. The van der Waals surface area contributed by atoms with E-state index in [0.29, 0.717) is 5.56 Å². The van der Waals surface area contributed by atoms with E-state index in [1.54, 1.807) is 6.92 Å². The van der Waals surface area contributed by atoms with Crippen LogP contribution in [0.5, 0.6) is 0 Å². The van der Waals surface area contributed by atoms with Gasteiger partial charge in [0.15, 0.2) is 5.15 Å². The van der Waals surface area contributed by atoms with Gasteiger partial charge in [0.25, 0.3) is 0 Å². The molecule has 0 aliphatic heterocycles. The Hall–Kier alpha value is -0.360. The summed E-state index contributed by atoms with van der Waals surface area (Å²) in [6.45, 7) is 1.60. The largest absolute Gasteiger partial charge is 0.243 e. The minimum absolute atomic E-state index is 0.0360. The van der Waals surface area contributed by atoms with Crippen molar-refractivity contribution in [2.75, 3.05) is 7.05 Å². The van der Waals surface area contributed by atoms with Crippen LogP contribution in [0.3, 0.4) is 0 Å². The van der Waals surface area contributed by atoms with Gasteiger partial charge in [-0.05, 0) is 25.6 Å². The lowest BCUT2D eigenvalue weighted by molar-refractivity contribution is 0.587. The van der Waals surface area contributed by atoms with Gasteiger partial charge in [0, 0.05) is 0 Å². The first kappa shape index (κ1) is 11.7. The van der Waals surface area contributed by atoms with Crippen LogP contribution in [0.15, 0.2) is 11.0 Å². The van der Waals surface area contributed by atoms with E-state index >= 15 is 0 Å². The van der Waals surface area contributed by atoms with E-state index in [1.165, 1.54) is 13.1 Å².